The topological polar surface area (TPSA) is 62.9 Å². The van der Waals surface area contributed by atoms with Gasteiger partial charge in [-0.25, -0.2) is 0 Å². The summed E-state index contributed by atoms with van der Waals surface area (Å²) in [4.78, 5) is 14.3. The van der Waals surface area contributed by atoms with Gasteiger partial charge in [0.05, 0.1) is 12.2 Å². The maximum Gasteiger partial charge on any atom is 0.289 e. The average molecular weight is 307 g/mol. The average Bonchev–Trinajstić information content (AvgIpc) is 2.86. The summed E-state index contributed by atoms with van der Waals surface area (Å²) in [5.41, 5.74) is 0.851. The van der Waals surface area contributed by atoms with Crippen LogP contribution in [0.2, 0.25) is 0 Å². The van der Waals surface area contributed by atoms with Crippen LogP contribution < -0.4 is 0 Å². The van der Waals surface area contributed by atoms with E-state index in [4.69, 9.17) is 9.15 Å². The van der Waals surface area contributed by atoms with Gasteiger partial charge in [-0.2, -0.15) is 0 Å². The summed E-state index contributed by atoms with van der Waals surface area (Å²) in [6.07, 6.45) is 2.15. The van der Waals surface area contributed by atoms with Gasteiger partial charge in [-0.1, -0.05) is 0 Å². The molecule has 1 aromatic heterocycles. The zero-order chi connectivity index (χ0) is 15.9. The molecule has 1 N–H and O–H groups in total. The fraction of sp³-hybridized carbons (Fsp3) is 0.706. The Hall–Kier alpha value is -1.33. The first-order valence-corrected chi connectivity index (χ1v) is 8.14. The third kappa shape index (κ3) is 2.36. The van der Waals surface area contributed by atoms with Gasteiger partial charge in [-0.3, -0.25) is 4.79 Å². The first kappa shape index (κ1) is 15.6. The summed E-state index contributed by atoms with van der Waals surface area (Å²) in [6, 6.07) is 1.81. The van der Waals surface area contributed by atoms with E-state index in [2.05, 4.69) is 0 Å². The molecule has 5 heteroatoms. The summed E-state index contributed by atoms with van der Waals surface area (Å²) in [7, 11) is 0. The lowest BCUT2D eigenvalue weighted by Gasteiger charge is -2.56. The second kappa shape index (κ2) is 5.70. The zero-order valence-electron chi connectivity index (χ0n) is 13.6. The predicted molar refractivity (Wildman–Crippen MR) is 81.8 cm³/mol. The fourth-order valence-corrected chi connectivity index (χ4v) is 3.78. The van der Waals surface area contributed by atoms with Gasteiger partial charge in [0.2, 0.25) is 0 Å². The maximum atomic E-state index is 12.5. The summed E-state index contributed by atoms with van der Waals surface area (Å²) in [6.45, 7) is 7.77. The maximum absolute atomic E-state index is 12.5. The molecule has 1 amide bonds. The molecule has 2 heterocycles. The molecule has 1 aliphatic carbocycles. The van der Waals surface area contributed by atoms with Crippen LogP contribution in [0, 0.1) is 19.3 Å². The molecule has 5 nitrogen and oxygen atoms in total. The van der Waals surface area contributed by atoms with Crippen LogP contribution in [0.3, 0.4) is 0 Å². The number of rotatable bonds is 3. The second-order valence-electron chi connectivity index (χ2n) is 6.57. The number of aliphatic hydroxyl groups is 1. The lowest BCUT2D eigenvalue weighted by molar-refractivity contribution is -0.207. The summed E-state index contributed by atoms with van der Waals surface area (Å²) >= 11 is 0. The first-order chi connectivity index (χ1) is 10.5. The molecular weight excluding hydrogens is 282 g/mol. The van der Waals surface area contributed by atoms with Gasteiger partial charge < -0.3 is 19.2 Å². The second-order valence-corrected chi connectivity index (χ2v) is 6.57. The van der Waals surface area contributed by atoms with Crippen molar-refractivity contribution in [1.82, 2.24) is 4.90 Å². The van der Waals surface area contributed by atoms with E-state index in [1.165, 1.54) is 0 Å². The number of aryl methyl sites for hydroxylation is 2. The molecule has 0 aromatic carbocycles. The smallest absolute Gasteiger partial charge is 0.289 e. The number of carbonyl (C=O) groups is 1. The number of nitrogens with zero attached hydrogens (tertiary/aromatic N) is 1. The van der Waals surface area contributed by atoms with Gasteiger partial charge in [0.15, 0.2) is 5.76 Å². The minimum absolute atomic E-state index is 0.0483. The molecule has 0 unspecified atom stereocenters. The largest absolute Gasteiger partial charge is 0.456 e. The molecule has 1 saturated carbocycles. The molecule has 22 heavy (non-hydrogen) atoms. The van der Waals surface area contributed by atoms with Gasteiger partial charge in [0.1, 0.15) is 5.76 Å². The number of carbonyl (C=O) groups excluding carboxylic acids is 1. The Morgan fingerprint density at radius 2 is 2.14 bits per heavy atom. The highest BCUT2D eigenvalue weighted by molar-refractivity contribution is 5.91. The number of hydrogen-bond donors (Lipinski definition) is 1. The minimum Gasteiger partial charge on any atom is -0.456 e. The minimum atomic E-state index is -0.297. The molecule has 3 rings (SSSR count). The molecule has 122 valence electrons. The number of hydrogen-bond acceptors (Lipinski definition) is 4. The third-order valence-electron chi connectivity index (χ3n) is 5.47. The quantitative estimate of drug-likeness (QED) is 0.930. The number of likely N-dealkylation sites (tertiary alicyclic amines) is 1. The van der Waals surface area contributed by atoms with Gasteiger partial charge >= 0.3 is 0 Å². The Morgan fingerprint density at radius 1 is 1.45 bits per heavy atom. The van der Waals surface area contributed by atoms with Crippen LogP contribution in [0.1, 0.15) is 48.1 Å². The van der Waals surface area contributed by atoms with Crippen molar-refractivity contribution in [2.75, 3.05) is 19.7 Å². The molecular formula is C17H25NO4. The lowest BCUT2D eigenvalue weighted by atomic mass is 9.58. The highest BCUT2D eigenvalue weighted by Crippen LogP contribution is 2.51. The molecule has 1 aromatic rings. The van der Waals surface area contributed by atoms with E-state index < -0.39 is 0 Å². The van der Waals surface area contributed by atoms with Crippen LogP contribution in [0.5, 0.6) is 0 Å². The van der Waals surface area contributed by atoms with Crippen LogP contribution in [0.4, 0.5) is 0 Å². The van der Waals surface area contributed by atoms with E-state index in [9.17, 15) is 9.90 Å². The zero-order valence-corrected chi connectivity index (χ0v) is 13.6. The summed E-state index contributed by atoms with van der Waals surface area (Å²) < 4.78 is 11.3. The van der Waals surface area contributed by atoms with Crippen molar-refractivity contribution in [3.05, 3.63) is 23.2 Å². The number of furan rings is 1. The highest BCUT2D eigenvalue weighted by atomic mass is 16.5. The number of amides is 1. The monoisotopic (exact) mass is 307 g/mol. The van der Waals surface area contributed by atoms with E-state index in [1.54, 1.807) is 0 Å². The van der Waals surface area contributed by atoms with Crippen LogP contribution in [0.25, 0.3) is 0 Å². The van der Waals surface area contributed by atoms with Crippen LogP contribution in [-0.4, -0.2) is 47.8 Å². The van der Waals surface area contributed by atoms with Gasteiger partial charge in [-0.05, 0) is 45.2 Å². The Labute approximate surface area is 131 Å². The predicted octanol–water partition coefficient (Wildman–Crippen LogP) is 2.29. The highest BCUT2D eigenvalue weighted by Gasteiger charge is 2.56. The summed E-state index contributed by atoms with van der Waals surface area (Å²) in [5, 5.41) is 10.2. The van der Waals surface area contributed by atoms with Gasteiger partial charge in [0, 0.05) is 31.5 Å². The Morgan fingerprint density at radius 3 is 2.64 bits per heavy atom. The van der Waals surface area contributed by atoms with E-state index in [1.807, 2.05) is 31.7 Å². The molecule has 1 saturated heterocycles. The molecule has 1 aliphatic heterocycles. The van der Waals surface area contributed by atoms with Crippen LogP contribution in [-0.2, 0) is 4.74 Å². The Bertz CT molecular complexity index is 536. The Kier molecular flexibility index (Phi) is 4.03. The SMILES string of the molecule is CCO[C@H]1C[C@H](O)C12CCN(C(=O)c1cc(C)c(C)o1)CC2. The van der Waals surface area contributed by atoms with Crippen LogP contribution in [0.15, 0.2) is 10.5 Å². The van der Waals surface area contributed by atoms with Crippen molar-refractivity contribution >= 4 is 5.91 Å². The van der Waals surface area contributed by atoms with E-state index >= 15 is 0 Å². The van der Waals surface area contributed by atoms with Crippen molar-refractivity contribution in [1.29, 1.82) is 0 Å². The molecule has 2 atom stereocenters. The molecule has 0 bridgehead atoms. The normalized spacial score (nSPS) is 27.0. The number of aliphatic hydroxyl groups excluding tert-OH is 1. The molecule has 2 fully saturated rings. The first-order valence-electron chi connectivity index (χ1n) is 8.14. The van der Waals surface area contributed by atoms with Crippen molar-refractivity contribution in [3.63, 3.8) is 0 Å². The van der Waals surface area contributed by atoms with Crippen molar-refractivity contribution in [2.45, 2.75) is 52.2 Å². The van der Waals surface area contributed by atoms with E-state index in [0.29, 0.717) is 25.5 Å². The molecule has 2 aliphatic rings. The Balaban J connectivity index is 1.65. The standard InChI is InChI=1S/C17H25NO4/c1-4-21-15-10-14(19)17(15)5-7-18(8-6-17)16(20)13-9-11(2)12(3)22-13/h9,14-15,19H,4-8,10H2,1-3H3/t14-,15-/m0/s1. The molecule has 0 radical (unpaired) electrons. The summed E-state index contributed by atoms with van der Waals surface area (Å²) in [5.74, 6) is 1.16. The van der Waals surface area contributed by atoms with Crippen molar-refractivity contribution in [3.8, 4) is 0 Å². The fourth-order valence-electron chi connectivity index (χ4n) is 3.78. The lowest BCUT2D eigenvalue weighted by Crippen LogP contribution is -2.62. The van der Waals surface area contributed by atoms with Gasteiger partial charge in [-0.15, -0.1) is 0 Å². The third-order valence-corrected chi connectivity index (χ3v) is 5.47. The van der Waals surface area contributed by atoms with Crippen molar-refractivity contribution < 1.29 is 19.1 Å². The van der Waals surface area contributed by atoms with Gasteiger partial charge in [0.25, 0.3) is 5.91 Å². The van der Waals surface area contributed by atoms with E-state index in [0.717, 1.165) is 30.6 Å². The van der Waals surface area contributed by atoms with Crippen LogP contribution >= 0.6 is 0 Å². The number of ether oxygens (including phenoxy) is 1. The van der Waals surface area contributed by atoms with Crippen molar-refractivity contribution in [2.24, 2.45) is 5.41 Å². The molecule has 1 spiro atoms. The van der Waals surface area contributed by atoms with E-state index in [-0.39, 0.29) is 23.5 Å². The number of piperidine rings is 1.